The lowest BCUT2D eigenvalue weighted by atomic mass is 9.63. The van der Waals surface area contributed by atoms with Gasteiger partial charge in [0.15, 0.2) is 0 Å². The van der Waals surface area contributed by atoms with Crippen LogP contribution < -0.4 is 16.0 Å². The molecule has 7 nitrogen and oxygen atoms in total. The molecule has 0 bridgehead atoms. The molecule has 3 N–H and O–H groups in total. The topological polar surface area (TPSA) is 76.7 Å². The van der Waals surface area contributed by atoms with Gasteiger partial charge in [-0.2, -0.15) is 0 Å². The fourth-order valence-corrected chi connectivity index (χ4v) is 8.57. The van der Waals surface area contributed by atoms with Crippen LogP contribution in [0.25, 0.3) is 0 Å². The summed E-state index contributed by atoms with van der Waals surface area (Å²) < 4.78 is 0. The summed E-state index contributed by atoms with van der Waals surface area (Å²) >= 11 is 0. The Balaban J connectivity index is 1.44. The molecule has 4 fully saturated rings. The summed E-state index contributed by atoms with van der Waals surface area (Å²) in [6.07, 6.45) is 10.9. The SMILES string of the molecule is CC1CC(C)C(CNC(=O)C2CC(C3CCC(CN(C)C)CC3)CC(N(C)C3CCNCC3)C2C)C(=O)N1. The van der Waals surface area contributed by atoms with Crippen molar-refractivity contribution in [3.05, 3.63) is 0 Å². The first-order valence-corrected chi connectivity index (χ1v) is 15.8. The molecule has 0 spiro atoms. The molecule has 7 heteroatoms. The zero-order chi connectivity index (χ0) is 27.4. The molecular weight excluding hydrogens is 474 g/mol. The quantitative estimate of drug-likeness (QED) is 0.448. The molecule has 4 aliphatic rings. The van der Waals surface area contributed by atoms with Gasteiger partial charge in [-0.25, -0.2) is 0 Å². The van der Waals surface area contributed by atoms with E-state index >= 15 is 0 Å². The fraction of sp³-hybridized carbons (Fsp3) is 0.935. The molecule has 0 radical (unpaired) electrons. The highest BCUT2D eigenvalue weighted by Crippen LogP contribution is 2.45. The van der Waals surface area contributed by atoms with Crippen LogP contribution in [-0.4, -0.2) is 87.1 Å². The van der Waals surface area contributed by atoms with Gasteiger partial charge in [-0.1, -0.05) is 13.8 Å². The first-order chi connectivity index (χ1) is 18.1. The van der Waals surface area contributed by atoms with Crippen LogP contribution in [0.1, 0.15) is 78.6 Å². The molecule has 2 saturated heterocycles. The molecule has 4 rings (SSSR count). The van der Waals surface area contributed by atoms with Gasteiger partial charge in [0.05, 0.1) is 5.92 Å². The largest absolute Gasteiger partial charge is 0.355 e. The summed E-state index contributed by atoms with van der Waals surface area (Å²) in [4.78, 5) is 31.5. The number of nitrogens with one attached hydrogen (secondary N) is 3. The predicted octanol–water partition coefficient (Wildman–Crippen LogP) is 3.35. The minimum absolute atomic E-state index is 0.0308. The van der Waals surface area contributed by atoms with Gasteiger partial charge in [-0.3, -0.25) is 9.59 Å². The molecule has 7 atom stereocenters. The van der Waals surface area contributed by atoms with Gasteiger partial charge in [0.2, 0.25) is 11.8 Å². The van der Waals surface area contributed by atoms with Gasteiger partial charge in [0, 0.05) is 37.1 Å². The van der Waals surface area contributed by atoms with Crippen LogP contribution in [0.15, 0.2) is 0 Å². The Morgan fingerprint density at radius 2 is 1.61 bits per heavy atom. The van der Waals surface area contributed by atoms with Gasteiger partial charge in [-0.15, -0.1) is 0 Å². The number of rotatable bonds is 8. The molecule has 2 saturated carbocycles. The van der Waals surface area contributed by atoms with Crippen LogP contribution in [0.2, 0.25) is 0 Å². The zero-order valence-electron chi connectivity index (χ0n) is 25.2. The molecule has 2 aliphatic heterocycles. The third-order valence-electron chi connectivity index (χ3n) is 10.9. The van der Waals surface area contributed by atoms with Crippen LogP contribution in [0.4, 0.5) is 0 Å². The van der Waals surface area contributed by atoms with E-state index in [1.54, 1.807) is 0 Å². The summed E-state index contributed by atoms with van der Waals surface area (Å²) in [5.41, 5.74) is 0. The van der Waals surface area contributed by atoms with Crippen molar-refractivity contribution in [2.75, 3.05) is 47.3 Å². The maximum atomic E-state index is 13.8. The second kappa shape index (κ2) is 13.5. The second-order valence-corrected chi connectivity index (χ2v) is 13.9. The van der Waals surface area contributed by atoms with Crippen molar-refractivity contribution in [2.24, 2.45) is 41.4 Å². The lowest BCUT2D eigenvalue weighted by Crippen LogP contribution is -2.55. The van der Waals surface area contributed by atoms with E-state index < -0.39 is 0 Å². The normalized spacial score (nSPS) is 39.3. The maximum Gasteiger partial charge on any atom is 0.225 e. The van der Waals surface area contributed by atoms with E-state index in [9.17, 15) is 9.59 Å². The van der Waals surface area contributed by atoms with E-state index in [1.807, 2.05) is 0 Å². The average molecular weight is 532 g/mol. The monoisotopic (exact) mass is 531 g/mol. The number of amides is 2. The Hall–Kier alpha value is -1.18. The third kappa shape index (κ3) is 7.31. The third-order valence-corrected chi connectivity index (χ3v) is 10.9. The van der Waals surface area contributed by atoms with Gasteiger partial charge in [0.1, 0.15) is 0 Å². The molecule has 7 unspecified atom stereocenters. The lowest BCUT2D eigenvalue weighted by molar-refractivity contribution is -0.133. The molecule has 0 aromatic rings. The molecule has 2 amide bonds. The Morgan fingerprint density at radius 1 is 0.921 bits per heavy atom. The summed E-state index contributed by atoms with van der Waals surface area (Å²) in [7, 11) is 6.71. The van der Waals surface area contributed by atoms with Crippen LogP contribution in [0.5, 0.6) is 0 Å². The molecule has 0 aromatic carbocycles. The summed E-state index contributed by atoms with van der Waals surface area (Å²) in [6, 6.07) is 1.28. The Labute approximate surface area is 232 Å². The zero-order valence-corrected chi connectivity index (χ0v) is 25.2. The molecule has 0 aromatic heterocycles. The Kier molecular flexibility index (Phi) is 10.5. The predicted molar refractivity (Wildman–Crippen MR) is 155 cm³/mol. The summed E-state index contributed by atoms with van der Waals surface area (Å²) in [5, 5.41) is 9.90. The van der Waals surface area contributed by atoms with Crippen molar-refractivity contribution in [1.82, 2.24) is 25.8 Å². The van der Waals surface area contributed by atoms with E-state index in [-0.39, 0.29) is 29.7 Å². The smallest absolute Gasteiger partial charge is 0.225 e. The molecule has 2 heterocycles. The highest BCUT2D eigenvalue weighted by atomic mass is 16.2. The Morgan fingerprint density at radius 3 is 2.24 bits per heavy atom. The van der Waals surface area contributed by atoms with Gasteiger partial charge >= 0.3 is 0 Å². The number of nitrogens with zero attached hydrogens (tertiary/aromatic N) is 2. The molecule has 38 heavy (non-hydrogen) atoms. The average Bonchev–Trinajstić information content (AvgIpc) is 2.88. The van der Waals surface area contributed by atoms with Crippen LogP contribution >= 0.6 is 0 Å². The van der Waals surface area contributed by atoms with E-state index in [0.29, 0.717) is 36.4 Å². The van der Waals surface area contributed by atoms with E-state index in [4.69, 9.17) is 0 Å². The standard InChI is InChI=1S/C31H57N5O2/c1-20-15-21(2)34-31(38)28(20)18-33-30(37)27-16-25(24-9-7-23(8-10-24)19-35(4)5)17-29(22(27)3)36(6)26-11-13-32-14-12-26/h20-29,32H,7-19H2,1-6H3,(H,33,37)(H,34,38). The number of piperidine rings is 2. The van der Waals surface area contributed by atoms with Crippen molar-refractivity contribution < 1.29 is 9.59 Å². The second-order valence-electron chi connectivity index (χ2n) is 13.9. The van der Waals surface area contributed by atoms with E-state index in [2.05, 4.69) is 67.7 Å². The molecule has 2 aliphatic carbocycles. The van der Waals surface area contributed by atoms with E-state index in [1.165, 1.54) is 51.5 Å². The highest BCUT2D eigenvalue weighted by molar-refractivity contribution is 5.83. The molecular formula is C31H57N5O2. The summed E-state index contributed by atoms with van der Waals surface area (Å²) in [5.74, 6) is 3.01. The van der Waals surface area contributed by atoms with Crippen molar-refractivity contribution >= 4 is 11.8 Å². The van der Waals surface area contributed by atoms with Crippen LogP contribution in [-0.2, 0) is 9.59 Å². The number of carbonyl (C=O) groups excluding carboxylic acids is 2. The van der Waals surface area contributed by atoms with Crippen LogP contribution in [0, 0.1) is 41.4 Å². The highest BCUT2D eigenvalue weighted by Gasteiger charge is 2.45. The minimum atomic E-state index is -0.120. The first kappa shape index (κ1) is 29.8. The maximum absolute atomic E-state index is 13.8. The summed E-state index contributed by atoms with van der Waals surface area (Å²) in [6.45, 7) is 10.4. The van der Waals surface area contributed by atoms with Crippen molar-refractivity contribution in [3.63, 3.8) is 0 Å². The number of hydrogen-bond donors (Lipinski definition) is 3. The minimum Gasteiger partial charge on any atom is -0.355 e. The van der Waals surface area contributed by atoms with Crippen molar-refractivity contribution in [3.8, 4) is 0 Å². The molecule has 218 valence electrons. The van der Waals surface area contributed by atoms with Gasteiger partial charge < -0.3 is 25.8 Å². The fourth-order valence-electron chi connectivity index (χ4n) is 8.57. The van der Waals surface area contributed by atoms with Gasteiger partial charge in [-0.05, 0) is 129 Å². The lowest BCUT2D eigenvalue weighted by Gasteiger charge is -2.49. The van der Waals surface area contributed by atoms with Crippen molar-refractivity contribution in [2.45, 2.75) is 96.7 Å². The Bertz CT molecular complexity index is 776. The van der Waals surface area contributed by atoms with Crippen molar-refractivity contribution in [1.29, 1.82) is 0 Å². The number of carbonyl (C=O) groups is 2. The first-order valence-electron chi connectivity index (χ1n) is 15.8. The van der Waals surface area contributed by atoms with Gasteiger partial charge in [0.25, 0.3) is 0 Å². The van der Waals surface area contributed by atoms with E-state index in [0.717, 1.165) is 37.8 Å². The van der Waals surface area contributed by atoms with Crippen LogP contribution in [0.3, 0.4) is 0 Å². The number of hydrogen-bond acceptors (Lipinski definition) is 5.